The number of halogens is 1. The normalized spacial score (nSPS) is 13.8. The molecule has 1 unspecified atom stereocenters. The topological polar surface area (TPSA) is 60.2 Å². The number of hydrogen-bond donors (Lipinski definition) is 1. The van der Waals surface area contributed by atoms with E-state index in [4.69, 9.17) is 17.3 Å². The largest absolute Gasteiger partial charge is 0.323 e. The fourth-order valence-electron chi connectivity index (χ4n) is 1.18. The third kappa shape index (κ3) is 2.93. The Hall–Kier alpha value is -0.580. The Balaban J connectivity index is 3.00. The maximum atomic E-state index is 11.5. The number of rotatable bonds is 4. The standard InChI is InChI=1S/C10H14ClNO2S/c1-2-15(13,14)9-5-3-8(4-6-9)10(12)7-11/h3-6,10H,2,7,12H2,1H3. The zero-order valence-corrected chi connectivity index (χ0v) is 10.1. The fourth-order valence-corrected chi connectivity index (χ4v) is 2.24. The van der Waals surface area contributed by atoms with Crippen LogP contribution in [-0.4, -0.2) is 20.1 Å². The molecule has 1 atom stereocenters. The summed E-state index contributed by atoms with van der Waals surface area (Å²) in [5.74, 6) is 0.424. The van der Waals surface area contributed by atoms with E-state index in [2.05, 4.69) is 0 Å². The van der Waals surface area contributed by atoms with Gasteiger partial charge in [-0.15, -0.1) is 11.6 Å². The van der Waals surface area contributed by atoms with Crippen molar-refractivity contribution in [1.82, 2.24) is 0 Å². The van der Waals surface area contributed by atoms with Gasteiger partial charge in [0, 0.05) is 11.9 Å². The zero-order valence-electron chi connectivity index (χ0n) is 8.48. The maximum absolute atomic E-state index is 11.5. The molecule has 3 nitrogen and oxygen atoms in total. The molecule has 0 aromatic heterocycles. The first-order valence-electron chi connectivity index (χ1n) is 4.65. The van der Waals surface area contributed by atoms with Gasteiger partial charge in [-0.25, -0.2) is 8.42 Å². The first-order valence-corrected chi connectivity index (χ1v) is 6.84. The Kier molecular flexibility index (Phi) is 4.13. The van der Waals surface area contributed by atoms with Crippen molar-refractivity contribution < 1.29 is 8.42 Å². The van der Waals surface area contributed by atoms with Gasteiger partial charge in [0.05, 0.1) is 10.6 Å². The summed E-state index contributed by atoms with van der Waals surface area (Å²) >= 11 is 5.60. The van der Waals surface area contributed by atoms with Crippen LogP contribution in [-0.2, 0) is 9.84 Å². The quantitative estimate of drug-likeness (QED) is 0.825. The molecule has 2 N–H and O–H groups in total. The molecule has 0 heterocycles. The summed E-state index contributed by atoms with van der Waals surface area (Å²) in [4.78, 5) is 0.329. The molecule has 0 saturated carbocycles. The highest BCUT2D eigenvalue weighted by atomic mass is 35.5. The van der Waals surface area contributed by atoms with E-state index in [-0.39, 0.29) is 11.8 Å². The molecule has 0 fully saturated rings. The molecule has 15 heavy (non-hydrogen) atoms. The van der Waals surface area contributed by atoms with Crippen molar-refractivity contribution in [2.24, 2.45) is 5.73 Å². The van der Waals surface area contributed by atoms with Crippen LogP contribution < -0.4 is 5.73 Å². The minimum atomic E-state index is -3.12. The molecule has 0 aliphatic rings. The van der Waals surface area contributed by atoms with Crippen molar-refractivity contribution in [3.63, 3.8) is 0 Å². The van der Waals surface area contributed by atoms with Gasteiger partial charge in [-0.1, -0.05) is 19.1 Å². The van der Waals surface area contributed by atoms with E-state index < -0.39 is 9.84 Å². The van der Waals surface area contributed by atoms with Gasteiger partial charge < -0.3 is 5.73 Å². The average molecular weight is 248 g/mol. The molecule has 0 saturated heterocycles. The molecule has 1 aromatic carbocycles. The lowest BCUT2D eigenvalue weighted by atomic mass is 10.1. The molecule has 5 heteroatoms. The van der Waals surface area contributed by atoms with E-state index in [0.29, 0.717) is 10.8 Å². The van der Waals surface area contributed by atoms with E-state index in [1.807, 2.05) is 0 Å². The predicted octanol–water partition coefficient (Wildman–Crippen LogP) is 1.72. The van der Waals surface area contributed by atoms with Gasteiger partial charge in [-0.3, -0.25) is 0 Å². The molecule has 1 rings (SSSR count). The summed E-state index contributed by atoms with van der Waals surface area (Å²) in [6.07, 6.45) is 0. The van der Waals surface area contributed by atoms with E-state index in [9.17, 15) is 8.42 Å². The van der Waals surface area contributed by atoms with Crippen LogP contribution in [0.5, 0.6) is 0 Å². The number of sulfone groups is 1. The highest BCUT2D eigenvalue weighted by Gasteiger charge is 2.12. The van der Waals surface area contributed by atoms with E-state index in [1.54, 1.807) is 31.2 Å². The van der Waals surface area contributed by atoms with Crippen molar-refractivity contribution in [2.75, 3.05) is 11.6 Å². The van der Waals surface area contributed by atoms with Crippen LogP contribution >= 0.6 is 11.6 Å². The maximum Gasteiger partial charge on any atom is 0.178 e. The first-order chi connectivity index (χ1) is 7.01. The SMILES string of the molecule is CCS(=O)(=O)c1ccc(C(N)CCl)cc1. The Morgan fingerprint density at radius 1 is 1.33 bits per heavy atom. The molecule has 0 aliphatic heterocycles. The van der Waals surface area contributed by atoms with Crippen molar-refractivity contribution in [3.8, 4) is 0 Å². The number of alkyl halides is 1. The molecule has 0 bridgehead atoms. The second-order valence-electron chi connectivity index (χ2n) is 3.23. The summed E-state index contributed by atoms with van der Waals surface area (Å²) in [6, 6.07) is 6.30. The van der Waals surface area contributed by atoms with Gasteiger partial charge in [0.25, 0.3) is 0 Å². The van der Waals surface area contributed by atoms with E-state index >= 15 is 0 Å². The third-order valence-electron chi connectivity index (χ3n) is 2.21. The van der Waals surface area contributed by atoms with Crippen LogP contribution in [0.4, 0.5) is 0 Å². The Morgan fingerprint density at radius 3 is 2.27 bits per heavy atom. The lowest BCUT2D eigenvalue weighted by Crippen LogP contribution is -2.12. The second kappa shape index (κ2) is 4.96. The van der Waals surface area contributed by atoms with Gasteiger partial charge in [-0.05, 0) is 17.7 Å². The first kappa shape index (κ1) is 12.5. The van der Waals surface area contributed by atoms with Crippen molar-refractivity contribution in [1.29, 1.82) is 0 Å². The van der Waals surface area contributed by atoms with Crippen molar-refractivity contribution in [2.45, 2.75) is 17.9 Å². The number of hydrogen-bond acceptors (Lipinski definition) is 3. The van der Waals surface area contributed by atoms with Gasteiger partial charge >= 0.3 is 0 Å². The molecular weight excluding hydrogens is 234 g/mol. The minimum Gasteiger partial charge on any atom is -0.323 e. The van der Waals surface area contributed by atoms with Crippen LogP contribution in [0.25, 0.3) is 0 Å². The minimum absolute atomic E-state index is 0.105. The van der Waals surface area contributed by atoms with Gasteiger partial charge in [0.15, 0.2) is 9.84 Å². The molecule has 84 valence electrons. The smallest absolute Gasteiger partial charge is 0.178 e. The monoisotopic (exact) mass is 247 g/mol. The predicted molar refractivity (Wildman–Crippen MR) is 61.8 cm³/mol. The van der Waals surface area contributed by atoms with Crippen LogP contribution in [0.2, 0.25) is 0 Å². The zero-order chi connectivity index (χ0) is 11.5. The van der Waals surface area contributed by atoms with Gasteiger partial charge in [-0.2, -0.15) is 0 Å². The second-order valence-corrected chi connectivity index (χ2v) is 5.82. The van der Waals surface area contributed by atoms with Crippen LogP contribution in [0.3, 0.4) is 0 Å². The van der Waals surface area contributed by atoms with Crippen LogP contribution in [0.1, 0.15) is 18.5 Å². The molecule has 1 aromatic rings. The van der Waals surface area contributed by atoms with Gasteiger partial charge in [0.2, 0.25) is 0 Å². The summed E-state index contributed by atoms with van der Waals surface area (Å²) in [5.41, 5.74) is 6.55. The highest BCUT2D eigenvalue weighted by Crippen LogP contribution is 2.16. The lowest BCUT2D eigenvalue weighted by Gasteiger charge is -2.08. The third-order valence-corrected chi connectivity index (χ3v) is 4.30. The van der Waals surface area contributed by atoms with E-state index in [1.165, 1.54) is 0 Å². The molecule has 0 spiro atoms. The van der Waals surface area contributed by atoms with Gasteiger partial charge in [0.1, 0.15) is 0 Å². The van der Waals surface area contributed by atoms with Crippen LogP contribution in [0, 0.1) is 0 Å². The van der Waals surface area contributed by atoms with Crippen LogP contribution in [0.15, 0.2) is 29.2 Å². The lowest BCUT2D eigenvalue weighted by molar-refractivity contribution is 0.597. The molecule has 0 aliphatic carbocycles. The Morgan fingerprint density at radius 2 is 1.87 bits per heavy atom. The summed E-state index contributed by atoms with van der Waals surface area (Å²) in [6.45, 7) is 1.62. The molecule has 0 radical (unpaired) electrons. The Labute approximate surface area is 95.2 Å². The number of benzene rings is 1. The summed E-state index contributed by atoms with van der Waals surface area (Å²) in [5, 5.41) is 0. The average Bonchev–Trinajstić information content (AvgIpc) is 2.28. The highest BCUT2D eigenvalue weighted by molar-refractivity contribution is 7.91. The summed E-state index contributed by atoms with van der Waals surface area (Å²) in [7, 11) is -3.12. The number of nitrogens with two attached hydrogens (primary N) is 1. The van der Waals surface area contributed by atoms with Crippen molar-refractivity contribution >= 4 is 21.4 Å². The molecule has 0 amide bonds. The fraction of sp³-hybridized carbons (Fsp3) is 0.400. The Bertz CT molecular complexity index is 414. The molecular formula is C10H14ClNO2S. The van der Waals surface area contributed by atoms with Crippen molar-refractivity contribution in [3.05, 3.63) is 29.8 Å². The van der Waals surface area contributed by atoms with E-state index in [0.717, 1.165) is 5.56 Å². The summed E-state index contributed by atoms with van der Waals surface area (Å²) < 4.78 is 23.0.